The highest BCUT2D eigenvalue weighted by molar-refractivity contribution is 7.62. The zero-order valence-electron chi connectivity index (χ0n) is 11.6. The summed E-state index contributed by atoms with van der Waals surface area (Å²) in [4.78, 5) is 0. The summed E-state index contributed by atoms with van der Waals surface area (Å²) in [6.07, 6.45) is 0. The van der Waals surface area contributed by atoms with E-state index in [2.05, 4.69) is 13.0 Å². The van der Waals surface area contributed by atoms with Crippen molar-refractivity contribution in [2.24, 2.45) is 0 Å². The quantitative estimate of drug-likeness (QED) is 0.774. The van der Waals surface area contributed by atoms with Crippen LogP contribution in [0.3, 0.4) is 0 Å². The zero-order valence-corrected chi connectivity index (χ0v) is 12.4. The summed E-state index contributed by atoms with van der Waals surface area (Å²) in [7, 11) is -3.19. The minimum Gasteiger partial charge on any atom is -0.305 e. The second-order valence-corrected chi connectivity index (χ2v) is 6.40. The molecule has 0 radical (unpaired) electrons. The molecule has 2 aromatic carbocycles. The van der Waals surface area contributed by atoms with Crippen LogP contribution >= 0.6 is 7.60 Å². The van der Waals surface area contributed by atoms with Gasteiger partial charge in [-0.05, 0) is 43.7 Å². The highest BCUT2D eigenvalue weighted by Crippen LogP contribution is 2.47. The lowest BCUT2D eigenvalue weighted by molar-refractivity contribution is 0.230. The van der Waals surface area contributed by atoms with Crippen molar-refractivity contribution in [2.75, 3.05) is 13.2 Å². The van der Waals surface area contributed by atoms with Crippen molar-refractivity contribution in [3.05, 3.63) is 42.0 Å². The fourth-order valence-corrected chi connectivity index (χ4v) is 3.66. The van der Waals surface area contributed by atoms with Gasteiger partial charge in [0.05, 0.1) is 18.5 Å². The monoisotopic (exact) mass is 278 g/mol. The van der Waals surface area contributed by atoms with Gasteiger partial charge in [-0.3, -0.25) is 4.57 Å². The van der Waals surface area contributed by atoms with Gasteiger partial charge in [-0.2, -0.15) is 0 Å². The van der Waals surface area contributed by atoms with Gasteiger partial charge in [0.15, 0.2) is 0 Å². The molecule has 4 heteroatoms. The number of benzene rings is 2. The summed E-state index contributed by atoms with van der Waals surface area (Å²) in [6.45, 7) is 6.41. The largest absolute Gasteiger partial charge is 0.361 e. The van der Waals surface area contributed by atoms with Gasteiger partial charge in [-0.1, -0.05) is 29.8 Å². The van der Waals surface area contributed by atoms with Gasteiger partial charge in [0.1, 0.15) is 0 Å². The first-order valence-electron chi connectivity index (χ1n) is 6.49. The Kier molecular flexibility index (Phi) is 4.41. The van der Waals surface area contributed by atoms with E-state index in [9.17, 15) is 4.57 Å². The average Bonchev–Trinajstić information content (AvgIpc) is 2.38. The van der Waals surface area contributed by atoms with Crippen LogP contribution in [0.1, 0.15) is 19.4 Å². The fraction of sp³-hybridized carbons (Fsp3) is 0.333. The van der Waals surface area contributed by atoms with Crippen LogP contribution in [0.2, 0.25) is 0 Å². The van der Waals surface area contributed by atoms with E-state index in [-0.39, 0.29) is 0 Å². The van der Waals surface area contributed by atoms with Gasteiger partial charge in [-0.15, -0.1) is 0 Å². The maximum Gasteiger partial charge on any atom is 0.361 e. The van der Waals surface area contributed by atoms with E-state index in [1.807, 2.05) is 44.2 Å². The molecular weight excluding hydrogens is 259 g/mol. The number of aryl methyl sites for hydroxylation is 1. The SMILES string of the molecule is CCOP(=O)(OCC)c1ccc2cc(C)ccc2c1. The third kappa shape index (κ3) is 3.06. The van der Waals surface area contributed by atoms with Crippen molar-refractivity contribution in [1.82, 2.24) is 0 Å². The van der Waals surface area contributed by atoms with E-state index in [0.29, 0.717) is 18.5 Å². The molecule has 0 fully saturated rings. The van der Waals surface area contributed by atoms with Crippen LogP contribution in [-0.4, -0.2) is 13.2 Å². The first-order valence-corrected chi connectivity index (χ1v) is 8.03. The molecule has 2 aromatic rings. The average molecular weight is 278 g/mol. The van der Waals surface area contributed by atoms with E-state index in [4.69, 9.17) is 9.05 Å². The molecule has 0 aromatic heterocycles. The molecule has 0 spiro atoms. The predicted molar refractivity (Wildman–Crippen MR) is 79.2 cm³/mol. The van der Waals surface area contributed by atoms with Crippen LogP contribution in [0.15, 0.2) is 36.4 Å². The third-order valence-corrected chi connectivity index (χ3v) is 5.00. The van der Waals surface area contributed by atoms with E-state index in [0.717, 1.165) is 10.8 Å². The van der Waals surface area contributed by atoms with Crippen LogP contribution in [-0.2, 0) is 13.6 Å². The second-order valence-electron chi connectivity index (χ2n) is 4.37. The van der Waals surface area contributed by atoms with Crippen LogP contribution in [0, 0.1) is 6.92 Å². The van der Waals surface area contributed by atoms with Gasteiger partial charge in [0.2, 0.25) is 0 Å². The van der Waals surface area contributed by atoms with Crippen LogP contribution in [0.5, 0.6) is 0 Å². The fourth-order valence-electron chi connectivity index (χ4n) is 2.05. The lowest BCUT2D eigenvalue weighted by atomic mass is 10.1. The van der Waals surface area contributed by atoms with E-state index in [1.165, 1.54) is 5.56 Å². The van der Waals surface area contributed by atoms with Gasteiger partial charge in [0, 0.05) is 0 Å². The topological polar surface area (TPSA) is 35.5 Å². The summed E-state index contributed by atoms with van der Waals surface area (Å²) in [5.41, 5.74) is 1.21. The molecule has 0 saturated heterocycles. The maximum absolute atomic E-state index is 12.7. The molecule has 0 saturated carbocycles. The van der Waals surface area contributed by atoms with Crippen molar-refractivity contribution in [2.45, 2.75) is 20.8 Å². The number of rotatable bonds is 5. The summed E-state index contributed by atoms with van der Waals surface area (Å²) in [5, 5.41) is 2.79. The molecule has 0 unspecified atom stereocenters. The Bertz CT molecular complexity index is 612. The highest BCUT2D eigenvalue weighted by atomic mass is 31.2. The normalized spacial score (nSPS) is 11.9. The molecule has 0 atom stereocenters. The van der Waals surface area contributed by atoms with Crippen molar-refractivity contribution in [3.63, 3.8) is 0 Å². The molecular formula is C15H19O3P. The molecule has 0 aliphatic heterocycles. The van der Waals surface area contributed by atoms with Crippen molar-refractivity contribution >= 4 is 23.7 Å². The Morgan fingerprint density at radius 2 is 1.53 bits per heavy atom. The molecule has 102 valence electrons. The Morgan fingerprint density at radius 3 is 2.16 bits per heavy atom. The van der Waals surface area contributed by atoms with Crippen molar-refractivity contribution in [1.29, 1.82) is 0 Å². The van der Waals surface area contributed by atoms with E-state index in [1.54, 1.807) is 0 Å². The number of hydrogen-bond acceptors (Lipinski definition) is 3. The minimum atomic E-state index is -3.19. The van der Waals surface area contributed by atoms with Crippen molar-refractivity contribution in [3.8, 4) is 0 Å². The predicted octanol–water partition coefficient (Wildman–Crippen LogP) is 4.04. The third-order valence-electron chi connectivity index (χ3n) is 2.89. The van der Waals surface area contributed by atoms with Crippen molar-refractivity contribution < 1.29 is 13.6 Å². The lowest BCUT2D eigenvalue weighted by Crippen LogP contribution is -2.10. The van der Waals surface area contributed by atoms with Gasteiger partial charge >= 0.3 is 7.60 Å². The van der Waals surface area contributed by atoms with Crippen LogP contribution < -0.4 is 5.30 Å². The minimum absolute atomic E-state index is 0.364. The number of hydrogen-bond donors (Lipinski definition) is 0. The molecule has 2 rings (SSSR count). The Balaban J connectivity index is 2.49. The highest BCUT2D eigenvalue weighted by Gasteiger charge is 2.26. The van der Waals surface area contributed by atoms with Gasteiger partial charge < -0.3 is 9.05 Å². The van der Waals surface area contributed by atoms with Crippen LogP contribution in [0.4, 0.5) is 0 Å². The molecule has 19 heavy (non-hydrogen) atoms. The molecule has 0 heterocycles. The smallest absolute Gasteiger partial charge is 0.305 e. The summed E-state index contributed by atoms with van der Waals surface area (Å²) in [6, 6.07) is 11.8. The Labute approximate surface area is 114 Å². The number of fused-ring (bicyclic) bond motifs is 1. The molecule has 0 bridgehead atoms. The van der Waals surface area contributed by atoms with Gasteiger partial charge in [0.25, 0.3) is 0 Å². The lowest BCUT2D eigenvalue weighted by Gasteiger charge is -2.17. The van der Waals surface area contributed by atoms with E-state index < -0.39 is 7.60 Å². The second kappa shape index (κ2) is 5.87. The molecule has 0 amide bonds. The standard InChI is InChI=1S/C15H19O3P/c1-4-17-19(16,18-5-2)15-9-8-13-10-12(3)6-7-14(13)11-15/h6-11H,4-5H2,1-3H3. The zero-order chi connectivity index (χ0) is 13.9. The van der Waals surface area contributed by atoms with E-state index >= 15 is 0 Å². The molecule has 0 N–H and O–H groups in total. The Morgan fingerprint density at radius 1 is 0.947 bits per heavy atom. The van der Waals surface area contributed by atoms with Crippen LogP contribution in [0.25, 0.3) is 10.8 Å². The Hall–Kier alpha value is -1.15. The summed E-state index contributed by atoms with van der Waals surface area (Å²) < 4.78 is 23.4. The molecule has 0 aliphatic carbocycles. The summed E-state index contributed by atoms with van der Waals surface area (Å²) in [5.74, 6) is 0. The first kappa shape index (κ1) is 14.3. The maximum atomic E-state index is 12.7. The summed E-state index contributed by atoms with van der Waals surface area (Å²) >= 11 is 0. The molecule has 0 aliphatic rings. The van der Waals surface area contributed by atoms with Gasteiger partial charge in [-0.25, -0.2) is 0 Å². The molecule has 3 nitrogen and oxygen atoms in total. The first-order chi connectivity index (χ1) is 9.09.